The van der Waals surface area contributed by atoms with E-state index in [1.165, 1.54) is 6.07 Å². The zero-order valence-electron chi connectivity index (χ0n) is 11.3. The first-order valence-corrected chi connectivity index (χ1v) is 6.34. The van der Waals surface area contributed by atoms with E-state index in [-0.39, 0.29) is 11.7 Å². The van der Waals surface area contributed by atoms with Crippen molar-refractivity contribution in [1.29, 1.82) is 0 Å². The molecular weight excluding hydrogens is 252 g/mol. The fourth-order valence-electron chi connectivity index (χ4n) is 1.92. The van der Waals surface area contributed by atoms with Crippen LogP contribution in [-0.2, 0) is 0 Å². The molecule has 0 aliphatic carbocycles. The smallest absolute Gasteiger partial charge is 0.338 e. The minimum absolute atomic E-state index is 0.00157. The van der Waals surface area contributed by atoms with Crippen LogP contribution in [0.15, 0.2) is 12.1 Å². The summed E-state index contributed by atoms with van der Waals surface area (Å²) in [4.78, 5) is 10.7. The Morgan fingerprint density at radius 3 is 2.47 bits per heavy atom. The highest BCUT2D eigenvalue weighted by Crippen LogP contribution is 2.22. The standard InChI is InChI=1S/C14H19F2NO2/c1-4-8(2)7-9(3)17-11-6-5-10(14(18)19)12(15)13(11)16/h5-6,8-9,17H,4,7H2,1-3H3,(H,18,19). The van der Waals surface area contributed by atoms with E-state index in [0.29, 0.717) is 5.92 Å². The molecule has 0 spiro atoms. The summed E-state index contributed by atoms with van der Waals surface area (Å²) in [5.74, 6) is -3.46. The first kappa shape index (κ1) is 15.4. The maximum atomic E-state index is 13.7. The van der Waals surface area contributed by atoms with Gasteiger partial charge in [0.15, 0.2) is 11.6 Å². The molecule has 3 nitrogen and oxygen atoms in total. The SMILES string of the molecule is CCC(C)CC(C)Nc1ccc(C(=O)O)c(F)c1F. The van der Waals surface area contributed by atoms with Crippen molar-refractivity contribution in [2.24, 2.45) is 5.92 Å². The second-order valence-electron chi connectivity index (χ2n) is 4.89. The minimum Gasteiger partial charge on any atom is -0.478 e. The van der Waals surface area contributed by atoms with Crippen LogP contribution in [0.1, 0.15) is 44.0 Å². The summed E-state index contributed by atoms with van der Waals surface area (Å²) < 4.78 is 27.2. The van der Waals surface area contributed by atoms with Crippen molar-refractivity contribution in [1.82, 2.24) is 0 Å². The lowest BCUT2D eigenvalue weighted by Gasteiger charge is -2.19. The number of aromatic carboxylic acids is 1. The fraction of sp³-hybridized carbons (Fsp3) is 0.500. The highest BCUT2D eigenvalue weighted by molar-refractivity contribution is 5.88. The van der Waals surface area contributed by atoms with E-state index in [0.717, 1.165) is 18.9 Å². The molecule has 106 valence electrons. The van der Waals surface area contributed by atoms with E-state index < -0.39 is 23.2 Å². The van der Waals surface area contributed by atoms with Gasteiger partial charge in [-0.1, -0.05) is 20.3 Å². The van der Waals surface area contributed by atoms with Gasteiger partial charge in [0.1, 0.15) is 0 Å². The molecular formula is C14H19F2NO2. The summed E-state index contributed by atoms with van der Waals surface area (Å²) in [6.07, 6.45) is 1.85. The summed E-state index contributed by atoms with van der Waals surface area (Å²) in [6, 6.07) is 2.31. The quantitative estimate of drug-likeness (QED) is 0.825. The Hall–Kier alpha value is -1.65. The number of carboxylic acids is 1. The van der Waals surface area contributed by atoms with Crippen molar-refractivity contribution in [2.45, 2.75) is 39.7 Å². The van der Waals surface area contributed by atoms with Gasteiger partial charge in [-0.25, -0.2) is 13.6 Å². The summed E-state index contributed by atoms with van der Waals surface area (Å²) in [5, 5.41) is 11.6. The van der Waals surface area contributed by atoms with Crippen LogP contribution in [0, 0.1) is 17.6 Å². The second kappa shape index (κ2) is 6.50. The largest absolute Gasteiger partial charge is 0.478 e. The van der Waals surface area contributed by atoms with Gasteiger partial charge < -0.3 is 10.4 Å². The predicted molar refractivity (Wildman–Crippen MR) is 70.5 cm³/mol. The molecule has 0 amide bonds. The number of nitrogens with one attached hydrogen (secondary N) is 1. The molecule has 0 saturated heterocycles. The molecule has 19 heavy (non-hydrogen) atoms. The van der Waals surface area contributed by atoms with Gasteiger partial charge in [-0.15, -0.1) is 0 Å². The van der Waals surface area contributed by atoms with E-state index in [1.807, 2.05) is 6.92 Å². The van der Waals surface area contributed by atoms with Crippen LogP contribution in [0.2, 0.25) is 0 Å². The molecule has 1 rings (SSSR count). The molecule has 0 aliphatic rings. The molecule has 2 atom stereocenters. The van der Waals surface area contributed by atoms with Crippen LogP contribution in [-0.4, -0.2) is 17.1 Å². The number of carboxylic acid groups (broad SMARTS) is 1. The highest BCUT2D eigenvalue weighted by Gasteiger charge is 2.19. The van der Waals surface area contributed by atoms with Crippen LogP contribution in [0.25, 0.3) is 0 Å². The van der Waals surface area contributed by atoms with Gasteiger partial charge in [-0.05, 0) is 31.4 Å². The number of anilines is 1. The molecule has 0 aromatic heterocycles. The predicted octanol–water partition coefficient (Wildman–Crippen LogP) is 3.90. The average molecular weight is 271 g/mol. The number of hydrogen-bond acceptors (Lipinski definition) is 2. The van der Waals surface area contributed by atoms with Crippen molar-refractivity contribution in [3.05, 3.63) is 29.3 Å². The average Bonchev–Trinajstić information content (AvgIpc) is 2.34. The van der Waals surface area contributed by atoms with E-state index in [2.05, 4.69) is 19.2 Å². The first-order chi connectivity index (χ1) is 8.86. The monoisotopic (exact) mass is 271 g/mol. The van der Waals surface area contributed by atoms with Gasteiger partial charge in [0.05, 0.1) is 11.3 Å². The molecule has 0 fully saturated rings. The Morgan fingerprint density at radius 2 is 1.95 bits per heavy atom. The summed E-state index contributed by atoms with van der Waals surface area (Å²) >= 11 is 0. The lowest BCUT2D eigenvalue weighted by atomic mass is 10.00. The maximum absolute atomic E-state index is 13.7. The molecule has 2 N–H and O–H groups in total. The van der Waals surface area contributed by atoms with Crippen LogP contribution in [0.4, 0.5) is 14.5 Å². The van der Waals surface area contributed by atoms with Crippen LogP contribution >= 0.6 is 0 Å². The molecule has 1 aromatic carbocycles. The Labute approximate surface area is 111 Å². The van der Waals surface area contributed by atoms with Gasteiger partial charge in [-0.3, -0.25) is 0 Å². The molecule has 2 unspecified atom stereocenters. The van der Waals surface area contributed by atoms with Gasteiger partial charge in [0.25, 0.3) is 0 Å². The van der Waals surface area contributed by atoms with Crippen LogP contribution in [0.3, 0.4) is 0 Å². The van der Waals surface area contributed by atoms with E-state index in [1.54, 1.807) is 0 Å². The molecule has 0 heterocycles. The summed E-state index contributed by atoms with van der Waals surface area (Å²) in [6.45, 7) is 6.04. The third-order valence-corrected chi connectivity index (χ3v) is 3.17. The zero-order chi connectivity index (χ0) is 14.6. The normalized spacial score (nSPS) is 13.9. The Bertz CT molecular complexity index is 463. The summed E-state index contributed by atoms with van der Waals surface area (Å²) in [5.41, 5.74) is -0.657. The third kappa shape index (κ3) is 3.91. The maximum Gasteiger partial charge on any atom is 0.338 e. The molecule has 0 saturated carbocycles. The van der Waals surface area contributed by atoms with Gasteiger partial charge in [-0.2, -0.15) is 0 Å². The highest BCUT2D eigenvalue weighted by atomic mass is 19.2. The lowest BCUT2D eigenvalue weighted by Crippen LogP contribution is -2.19. The van der Waals surface area contributed by atoms with Gasteiger partial charge >= 0.3 is 5.97 Å². The van der Waals surface area contributed by atoms with Crippen molar-refractivity contribution in [3.8, 4) is 0 Å². The first-order valence-electron chi connectivity index (χ1n) is 6.34. The third-order valence-electron chi connectivity index (χ3n) is 3.17. The Kier molecular flexibility index (Phi) is 5.27. The number of hydrogen-bond donors (Lipinski definition) is 2. The topological polar surface area (TPSA) is 49.3 Å². The lowest BCUT2D eigenvalue weighted by molar-refractivity contribution is 0.0690. The minimum atomic E-state index is -1.48. The van der Waals surface area contributed by atoms with Crippen LogP contribution in [0.5, 0.6) is 0 Å². The van der Waals surface area contributed by atoms with E-state index in [4.69, 9.17) is 5.11 Å². The number of benzene rings is 1. The zero-order valence-corrected chi connectivity index (χ0v) is 11.3. The van der Waals surface area contributed by atoms with Crippen molar-refractivity contribution >= 4 is 11.7 Å². The molecule has 1 aromatic rings. The van der Waals surface area contributed by atoms with Gasteiger partial charge in [0, 0.05) is 6.04 Å². The molecule has 0 aliphatic heterocycles. The molecule has 0 bridgehead atoms. The van der Waals surface area contributed by atoms with Crippen molar-refractivity contribution in [2.75, 3.05) is 5.32 Å². The Balaban J connectivity index is 2.86. The second-order valence-corrected chi connectivity index (χ2v) is 4.89. The van der Waals surface area contributed by atoms with E-state index in [9.17, 15) is 13.6 Å². The summed E-state index contributed by atoms with van der Waals surface area (Å²) in [7, 11) is 0. The van der Waals surface area contributed by atoms with E-state index >= 15 is 0 Å². The molecule has 0 radical (unpaired) electrons. The van der Waals surface area contributed by atoms with Crippen molar-refractivity contribution < 1.29 is 18.7 Å². The van der Waals surface area contributed by atoms with Crippen LogP contribution < -0.4 is 5.32 Å². The molecule has 5 heteroatoms. The van der Waals surface area contributed by atoms with Crippen molar-refractivity contribution in [3.63, 3.8) is 0 Å². The number of rotatable bonds is 6. The fourth-order valence-corrected chi connectivity index (χ4v) is 1.92. The van der Waals surface area contributed by atoms with Gasteiger partial charge in [0.2, 0.25) is 0 Å². The Morgan fingerprint density at radius 1 is 1.32 bits per heavy atom. The number of carbonyl (C=O) groups is 1. The number of halogens is 2.